The second-order valence-electron chi connectivity index (χ2n) is 3.22. The predicted octanol–water partition coefficient (Wildman–Crippen LogP) is 1.21. The lowest BCUT2D eigenvalue weighted by molar-refractivity contribution is -0.116. The van der Waals surface area contributed by atoms with Crippen LogP contribution in [-0.4, -0.2) is 17.6 Å². The first-order valence-electron chi connectivity index (χ1n) is 5.29. The van der Waals surface area contributed by atoms with Gasteiger partial charge in [-0.05, 0) is 30.8 Å². The van der Waals surface area contributed by atoms with Crippen LogP contribution in [0.25, 0.3) is 6.08 Å². The molecule has 1 aromatic rings. The number of carbonyl (C=O) groups excluding carboxylic acids is 1. The molecular formula is C12H15N3OS. The quantitative estimate of drug-likeness (QED) is 0.428. The first-order chi connectivity index (χ1) is 8.22. The Morgan fingerprint density at radius 1 is 1.29 bits per heavy atom. The normalized spacial score (nSPS) is 9.94. The highest BCUT2D eigenvalue weighted by Crippen LogP contribution is 1.99. The number of nitrogens with one attached hydrogen (secondary N) is 3. The molecule has 0 atom stereocenters. The summed E-state index contributed by atoms with van der Waals surface area (Å²) in [5, 5.41) is 3.25. The molecule has 90 valence electrons. The van der Waals surface area contributed by atoms with Gasteiger partial charge < -0.3 is 5.32 Å². The molecule has 0 aliphatic heterocycles. The molecule has 0 unspecified atom stereocenters. The van der Waals surface area contributed by atoms with Crippen molar-refractivity contribution in [3.05, 3.63) is 42.0 Å². The fraction of sp³-hybridized carbons (Fsp3) is 0.167. The molecule has 0 radical (unpaired) electrons. The third-order valence-electron chi connectivity index (χ3n) is 1.86. The zero-order valence-corrected chi connectivity index (χ0v) is 10.4. The average molecular weight is 249 g/mol. The molecule has 3 N–H and O–H groups in total. The van der Waals surface area contributed by atoms with E-state index < -0.39 is 0 Å². The topological polar surface area (TPSA) is 53.2 Å². The molecule has 0 heterocycles. The summed E-state index contributed by atoms with van der Waals surface area (Å²) in [6.07, 6.45) is 3.17. The van der Waals surface area contributed by atoms with Gasteiger partial charge in [0.1, 0.15) is 0 Å². The van der Waals surface area contributed by atoms with E-state index in [4.69, 9.17) is 12.2 Å². The van der Waals surface area contributed by atoms with E-state index in [2.05, 4.69) is 16.2 Å². The van der Waals surface area contributed by atoms with Crippen molar-refractivity contribution >= 4 is 29.3 Å². The van der Waals surface area contributed by atoms with Crippen LogP contribution in [0.2, 0.25) is 0 Å². The van der Waals surface area contributed by atoms with Crippen LogP contribution < -0.4 is 16.2 Å². The van der Waals surface area contributed by atoms with Crippen LogP contribution in [0.3, 0.4) is 0 Å². The monoisotopic (exact) mass is 249 g/mol. The van der Waals surface area contributed by atoms with E-state index in [0.717, 1.165) is 5.56 Å². The van der Waals surface area contributed by atoms with Gasteiger partial charge in [0.05, 0.1) is 0 Å². The fourth-order valence-corrected chi connectivity index (χ4v) is 1.30. The maximum Gasteiger partial charge on any atom is 0.262 e. The highest BCUT2D eigenvalue weighted by molar-refractivity contribution is 7.80. The van der Waals surface area contributed by atoms with Crippen LogP contribution in [-0.2, 0) is 4.79 Å². The van der Waals surface area contributed by atoms with E-state index in [0.29, 0.717) is 11.7 Å². The van der Waals surface area contributed by atoms with E-state index in [1.807, 2.05) is 37.3 Å². The number of carbonyl (C=O) groups is 1. The van der Waals surface area contributed by atoms with Gasteiger partial charge in [0.15, 0.2) is 5.11 Å². The summed E-state index contributed by atoms with van der Waals surface area (Å²) in [7, 11) is 0. The number of benzene rings is 1. The Balaban J connectivity index is 2.35. The molecule has 0 aromatic heterocycles. The summed E-state index contributed by atoms with van der Waals surface area (Å²) >= 11 is 4.89. The van der Waals surface area contributed by atoms with Crippen LogP contribution in [0.15, 0.2) is 36.4 Å². The highest BCUT2D eigenvalue weighted by atomic mass is 32.1. The molecular weight excluding hydrogens is 234 g/mol. The van der Waals surface area contributed by atoms with Crippen molar-refractivity contribution in [3.63, 3.8) is 0 Å². The smallest absolute Gasteiger partial charge is 0.262 e. The summed E-state index contributed by atoms with van der Waals surface area (Å²) in [6.45, 7) is 2.63. The lowest BCUT2D eigenvalue weighted by atomic mass is 10.2. The molecule has 1 aromatic carbocycles. The third kappa shape index (κ3) is 5.67. The van der Waals surface area contributed by atoms with E-state index in [1.54, 1.807) is 6.08 Å². The Bertz CT molecular complexity index is 403. The minimum atomic E-state index is -0.255. The fourth-order valence-electron chi connectivity index (χ4n) is 1.10. The van der Waals surface area contributed by atoms with Crippen LogP contribution in [0.1, 0.15) is 12.5 Å². The first-order valence-corrected chi connectivity index (χ1v) is 5.70. The third-order valence-corrected chi connectivity index (χ3v) is 2.11. The number of rotatable bonds is 3. The van der Waals surface area contributed by atoms with Crippen LogP contribution >= 0.6 is 12.2 Å². The van der Waals surface area contributed by atoms with Gasteiger partial charge in [0, 0.05) is 12.6 Å². The molecule has 0 fully saturated rings. The first kappa shape index (κ1) is 13.2. The summed E-state index contributed by atoms with van der Waals surface area (Å²) in [5.74, 6) is -0.255. The van der Waals surface area contributed by atoms with Gasteiger partial charge in [-0.3, -0.25) is 15.6 Å². The van der Waals surface area contributed by atoms with Crippen molar-refractivity contribution in [2.24, 2.45) is 0 Å². The van der Waals surface area contributed by atoms with Gasteiger partial charge >= 0.3 is 0 Å². The van der Waals surface area contributed by atoms with Crippen molar-refractivity contribution in [2.75, 3.05) is 6.54 Å². The lowest BCUT2D eigenvalue weighted by Crippen LogP contribution is -2.46. The Morgan fingerprint density at radius 3 is 2.65 bits per heavy atom. The number of thiocarbonyl (C=S) groups is 1. The van der Waals surface area contributed by atoms with Crippen molar-refractivity contribution in [1.82, 2.24) is 16.2 Å². The standard InChI is InChI=1S/C12H15N3OS/c1-2-13-12(17)15-14-11(16)9-8-10-6-4-3-5-7-10/h3-9H,2H2,1H3,(H,14,16)(H2,13,15,17). The van der Waals surface area contributed by atoms with E-state index in [-0.39, 0.29) is 5.91 Å². The molecule has 1 rings (SSSR count). The Kier molecular flexibility index (Phi) is 5.74. The van der Waals surface area contributed by atoms with E-state index in [1.165, 1.54) is 6.08 Å². The average Bonchev–Trinajstić information content (AvgIpc) is 2.35. The molecule has 0 spiro atoms. The summed E-state index contributed by atoms with van der Waals surface area (Å²) in [4.78, 5) is 11.4. The largest absolute Gasteiger partial charge is 0.362 e. The highest BCUT2D eigenvalue weighted by Gasteiger charge is 1.95. The van der Waals surface area contributed by atoms with Crippen molar-refractivity contribution < 1.29 is 4.79 Å². The second-order valence-corrected chi connectivity index (χ2v) is 3.63. The Labute approximate surface area is 106 Å². The molecule has 5 heteroatoms. The molecule has 0 saturated carbocycles. The molecule has 0 bridgehead atoms. The molecule has 4 nitrogen and oxygen atoms in total. The number of hydrogen-bond donors (Lipinski definition) is 3. The Hall–Kier alpha value is -1.88. The lowest BCUT2D eigenvalue weighted by Gasteiger charge is -2.07. The molecule has 1 amide bonds. The summed E-state index contributed by atoms with van der Waals surface area (Å²) in [6, 6.07) is 9.58. The molecule has 0 saturated heterocycles. The molecule has 0 aliphatic rings. The maximum absolute atomic E-state index is 11.4. The molecule has 0 aliphatic carbocycles. The van der Waals surface area contributed by atoms with E-state index in [9.17, 15) is 4.79 Å². The minimum Gasteiger partial charge on any atom is -0.362 e. The van der Waals surface area contributed by atoms with Crippen molar-refractivity contribution in [3.8, 4) is 0 Å². The van der Waals surface area contributed by atoms with Crippen molar-refractivity contribution in [2.45, 2.75) is 6.92 Å². The minimum absolute atomic E-state index is 0.255. The molecule has 17 heavy (non-hydrogen) atoms. The second kappa shape index (κ2) is 7.40. The van der Waals surface area contributed by atoms with Gasteiger partial charge in [-0.1, -0.05) is 30.3 Å². The van der Waals surface area contributed by atoms with Gasteiger partial charge in [0.25, 0.3) is 5.91 Å². The van der Waals surface area contributed by atoms with Gasteiger partial charge in [-0.2, -0.15) is 0 Å². The van der Waals surface area contributed by atoms with Gasteiger partial charge in [0.2, 0.25) is 0 Å². The van der Waals surface area contributed by atoms with Gasteiger partial charge in [-0.15, -0.1) is 0 Å². The number of hydrazine groups is 1. The number of amides is 1. The van der Waals surface area contributed by atoms with Crippen LogP contribution in [0.5, 0.6) is 0 Å². The number of hydrogen-bond acceptors (Lipinski definition) is 2. The zero-order valence-electron chi connectivity index (χ0n) is 9.57. The maximum atomic E-state index is 11.4. The summed E-state index contributed by atoms with van der Waals surface area (Å²) in [5.41, 5.74) is 6.02. The SMILES string of the molecule is CCNC(=S)NNC(=O)C=Cc1ccccc1. The van der Waals surface area contributed by atoms with Gasteiger partial charge in [-0.25, -0.2) is 0 Å². The predicted molar refractivity (Wildman–Crippen MR) is 73.0 cm³/mol. The summed E-state index contributed by atoms with van der Waals surface area (Å²) < 4.78 is 0. The zero-order chi connectivity index (χ0) is 12.5. The van der Waals surface area contributed by atoms with Crippen LogP contribution in [0, 0.1) is 0 Å². The van der Waals surface area contributed by atoms with Crippen molar-refractivity contribution in [1.29, 1.82) is 0 Å². The van der Waals surface area contributed by atoms with E-state index >= 15 is 0 Å². The van der Waals surface area contributed by atoms with Crippen LogP contribution in [0.4, 0.5) is 0 Å². The Morgan fingerprint density at radius 2 is 2.00 bits per heavy atom.